The van der Waals surface area contributed by atoms with Crippen LogP contribution < -0.4 is 21.1 Å². The van der Waals surface area contributed by atoms with E-state index in [1.807, 2.05) is 32.0 Å². The summed E-state index contributed by atoms with van der Waals surface area (Å²) >= 11 is 1.68. The predicted molar refractivity (Wildman–Crippen MR) is 115 cm³/mol. The zero-order valence-electron chi connectivity index (χ0n) is 15.0. The number of hydrogen-bond acceptors (Lipinski definition) is 5. The summed E-state index contributed by atoms with van der Waals surface area (Å²) in [5, 5.41) is 7.59. The Hall–Kier alpha value is -1.88. The maximum Gasteiger partial charge on any atom is 0.255 e. The van der Waals surface area contributed by atoms with E-state index in [1.165, 1.54) is 4.88 Å². The second kappa shape index (κ2) is 11.0. The zero-order chi connectivity index (χ0) is 18.2. The standard InChI is InChI=1S/C17H23N5O2S.HI/c1-11-15(25-12(2)22-11)9-21-17(19-3)20-8-13-5-4-6-14(7-13)24-10-16(18)23;/h4-7H,8-10H2,1-3H3,(H2,18,23)(H2,19,20,21);1H. The Bertz CT molecular complexity index is 763. The maximum atomic E-state index is 10.8. The largest absolute Gasteiger partial charge is 0.484 e. The summed E-state index contributed by atoms with van der Waals surface area (Å²) in [4.78, 5) is 20.6. The fourth-order valence-electron chi connectivity index (χ4n) is 2.21. The van der Waals surface area contributed by atoms with Crippen molar-refractivity contribution in [1.82, 2.24) is 15.6 Å². The zero-order valence-corrected chi connectivity index (χ0v) is 18.2. The van der Waals surface area contributed by atoms with Crippen molar-refractivity contribution in [3.05, 3.63) is 45.4 Å². The molecule has 0 aliphatic carbocycles. The van der Waals surface area contributed by atoms with Gasteiger partial charge in [-0.05, 0) is 31.5 Å². The number of thiazole rings is 1. The van der Waals surface area contributed by atoms with Crippen molar-refractivity contribution in [2.45, 2.75) is 26.9 Å². The third kappa shape index (κ3) is 7.16. The number of nitrogens with two attached hydrogens (primary N) is 1. The highest BCUT2D eigenvalue weighted by Gasteiger charge is 2.06. The number of guanidine groups is 1. The number of nitrogens with zero attached hydrogens (tertiary/aromatic N) is 2. The summed E-state index contributed by atoms with van der Waals surface area (Å²) in [5.74, 6) is 0.812. The molecule has 1 heterocycles. The Morgan fingerprint density at radius 1 is 1.31 bits per heavy atom. The second-order valence-electron chi connectivity index (χ2n) is 5.42. The monoisotopic (exact) mass is 489 g/mol. The van der Waals surface area contributed by atoms with Crippen LogP contribution >= 0.6 is 35.3 Å². The van der Waals surface area contributed by atoms with E-state index in [0.29, 0.717) is 24.8 Å². The smallest absolute Gasteiger partial charge is 0.255 e. The quantitative estimate of drug-likeness (QED) is 0.314. The lowest BCUT2D eigenvalue weighted by Crippen LogP contribution is -2.36. The molecular weight excluding hydrogens is 465 g/mol. The van der Waals surface area contributed by atoms with Crippen molar-refractivity contribution >= 4 is 47.2 Å². The van der Waals surface area contributed by atoms with Crippen LogP contribution in [0.4, 0.5) is 0 Å². The first kappa shape index (κ1) is 22.2. The molecule has 2 aromatic rings. The molecule has 26 heavy (non-hydrogen) atoms. The van der Waals surface area contributed by atoms with E-state index in [1.54, 1.807) is 24.5 Å². The van der Waals surface area contributed by atoms with Gasteiger partial charge in [0.15, 0.2) is 12.6 Å². The lowest BCUT2D eigenvalue weighted by molar-refractivity contribution is -0.119. The highest BCUT2D eigenvalue weighted by atomic mass is 127. The molecule has 1 aromatic heterocycles. The molecule has 142 valence electrons. The van der Waals surface area contributed by atoms with E-state index in [4.69, 9.17) is 10.5 Å². The van der Waals surface area contributed by atoms with Gasteiger partial charge in [-0.2, -0.15) is 0 Å². The highest BCUT2D eigenvalue weighted by molar-refractivity contribution is 14.0. The van der Waals surface area contributed by atoms with Gasteiger partial charge in [-0.25, -0.2) is 4.98 Å². The number of carbonyl (C=O) groups excluding carboxylic acids is 1. The Morgan fingerprint density at radius 2 is 2.04 bits per heavy atom. The minimum Gasteiger partial charge on any atom is -0.484 e. The molecule has 9 heteroatoms. The van der Waals surface area contributed by atoms with E-state index < -0.39 is 5.91 Å². The van der Waals surface area contributed by atoms with Gasteiger partial charge >= 0.3 is 0 Å². The van der Waals surface area contributed by atoms with Crippen LogP contribution in [-0.4, -0.2) is 30.5 Å². The molecule has 0 aliphatic rings. The van der Waals surface area contributed by atoms with Crippen molar-refractivity contribution in [2.24, 2.45) is 10.7 Å². The SMILES string of the molecule is CN=C(NCc1cccc(OCC(N)=O)c1)NCc1sc(C)nc1C.I. The average molecular weight is 489 g/mol. The molecule has 0 saturated heterocycles. The Balaban J connectivity index is 0.00000338. The van der Waals surface area contributed by atoms with Crippen LogP contribution in [0.5, 0.6) is 5.75 Å². The normalized spacial score (nSPS) is 10.8. The minimum absolute atomic E-state index is 0. The molecule has 0 saturated carbocycles. The molecule has 1 amide bonds. The van der Waals surface area contributed by atoms with Gasteiger partial charge in [-0.15, -0.1) is 35.3 Å². The first-order chi connectivity index (χ1) is 12.0. The van der Waals surface area contributed by atoms with Crippen LogP contribution in [-0.2, 0) is 17.9 Å². The van der Waals surface area contributed by atoms with Gasteiger partial charge in [0, 0.05) is 18.5 Å². The number of hydrogen-bond donors (Lipinski definition) is 3. The Kier molecular flexibility index (Phi) is 9.35. The van der Waals surface area contributed by atoms with E-state index >= 15 is 0 Å². The number of benzene rings is 1. The van der Waals surface area contributed by atoms with Gasteiger partial charge in [0.05, 0.1) is 17.2 Å². The number of aromatic nitrogens is 1. The predicted octanol–water partition coefficient (Wildman–Crippen LogP) is 2.11. The van der Waals surface area contributed by atoms with Gasteiger partial charge in [0.1, 0.15) is 5.75 Å². The third-order valence-corrected chi connectivity index (χ3v) is 4.45. The lowest BCUT2D eigenvalue weighted by Gasteiger charge is -2.12. The lowest BCUT2D eigenvalue weighted by atomic mass is 10.2. The van der Waals surface area contributed by atoms with E-state index in [2.05, 4.69) is 20.6 Å². The summed E-state index contributed by atoms with van der Waals surface area (Å²) in [6, 6.07) is 7.48. The topological polar surface area (TPSA) is 102 Å². The number of amides is 1. The van der Waals surface area contributed by atoms with Crippen molar-refractivity contribution in [3.8, 4) is 5.75 Å². The van der Waals surface area contributed by atoms with E-state index in [0.717, 1.165) is 16.3 Å². The highest BCUT2D eigenvalue weighted by Crippen LogP contribution is 2.16. The van der Waals surface area contributed by atoms with Gasteiger partial charge < -0.3 is 21.1 Å². The summed E-state index contributed by atoms with van der Waals surface area (Å²) < 4.78 is 5.31. The van der Waals surface area contributed by atoms with Gasteiger partial charge in [0.2, 0.25) is 0 Å². The molecule has 0 aliphatic heterocycles. The summed E-state index contributed by atoms with van der Waals surface area (Å²) in [5.41, 5.74) is 7.14. The van der Waals surface area contributed by atoms with E-state index in [9.17, 15) is 4.79 Å². The second-order valence-corrected chi connectivity index (χ2v) is 6.71. The number of aliphatic imine (C=N–C) groups is 1. The van der Waals surface area contributed by atoms with Crippen molar-refractivity contribution in [3.63, 3.8) is 0 Å². The maximum absolute atomic E-state index is 10.8. The molecule has 0 radical (unpaired) electrons. The Labute approximate surface area is 174 Å². The van der Waals surface area contributed by atoms with Crippen LogP contribution in [0, 0.1) is 13.8 Å². The van der Waals surface area contributed by atoms with Gasteiger partial charge in [0.25, 0.3) is 5.91 Å². The van der Waals surface area contributed by atoms with Crippen LogP contribution in [0.2, 0.25) is 0 Å². The van der Waals surface area contributed by atoms with Crippen molar-refractivity contribution in [2.75, 3.05) is 13.7 Å². The molecule has 7 nitrogen and oxygen atoms in total. The fraction of sp³-hybridized carbons (Fsp3) is 0.353. The molecule has 0 bridgehead atoms. The molecule has 2 rings (SSSR count). The minimum atomic E-state index is -0.498. The molecule has 1 aromatic carbocycles. The van der Waals surface area contributed by atoms with Gasteiger partial charge in [-0.3, -0.25) is 9.79 Å². The van der Waals surface area contributed by atoms with Crippen LogP contribution in [0.25, 0.3) is 0 Å². The molecule has 0 unspecified atom stereocenters. The molecule has 0 fully saturated rings. The van der Waals surface area contributed by atoms with E-state index in [-0.39, 0.29) is 30.6 Å². The van der Waals surface area contributed by atoms with Crippen LogP contribution in [0.1, 0.15) is 21.1 Å². The molecule has 4 N–H and O–H groups in total. The summed E-state index contributed by atoms with van der Waals surface area (Å²) in [6.07, 6.45) is 0. The third-order valence-electron chi connectivity index (χ3n) is 3.38. The average Bonchev–Trinajstić information content (AvgIpc) is 2.91. The fourth-order valence-corrected chi connectivity index (χ4v) is 3.08. The Morgan fingerprint density at radius 3 is 2.65 bits per heavy atom. The molecule has 0 atom stereocenters. The number of aryl methyl sites for hydroxylation is 2. The first-order valence-electron chi connectivity index (χ1n) is 7.85. The van der Waals surface area contributed by atoms with Gasteiger partial charge in [-0.1, -0.05) is 12.1 Å². The number of primary amides is 1. The van der Waals surface area contributed by atoms with Crippen molar-refractivity contribution < 1.29 is 9.53 Å². The number of halogens is 1. The first-order valence-corrected chi connectivity index (χ1v) is 8.67. The summed E-state index contributed by atoms with van der Waals surface area (Å²) in [6.45, 7) is 5.14. The van der Waals surface area contributed by atoms with Crippen molar-refractivity contribution in [1.29, 1.82) is 0 Å². The van der Waals surface area contributed by atoms with Crippen LogP contribution in [0.15, 0.2) is 29.3 Å². The number of ether oxygens (including phenoxy) is 1. The van der Waals surface area contributed by atoms with Crippen LogP contribution in [0.3, 0.4) is 0 Å². The summed E-state index contributed by atoms with van der Waals surface area (Å²) in [7, 11) is 1.73. The number of rotatable bonds is 7. The number of nitrogens with one attached hydrogen (secondary N) is 2. The number of carbonyl (C=O) groups is 1. The molecular formula is C17H24IN5O2S. The molecule has 0 spiro atoms.